The number of hydrogen-bond acceptors (Lipinski definition) is 5. The lowest BCUT2D eigenvalue weighted by atomic mass is 10.1. The van der Waals surface area contributed by atoms with E-state index in [1.807, 2.05) is 25.1 Å². The maximum Gasteiger partial charge on any atom is 0.319 e. The van der Waals surface area contributed by atoms with Gasteiger partial charge >= 0.3 is 5.97 Å². The molecule has 1 N–H and O–H groups in total. The van der Waals surface area contributed by atoms with Crippen LogP contribution in [0.2, 0.25) is 0 Å². The van der Waals surface area contributed by atoms with E-state index in [1.165, 1.54) is 7.11 Å². The predicted molar refractivity (Wildman–Crippen MR) is 72.7 cm³/mol. The normalized spacial score (nSPS) is 11.8. The van der Waals surface area contributed by atoms with E-state index in [2.05, 4.69) is 10.1 Å². The van der Waals surface area contributed by atoms with Crippen molar-refractivity contribution in [2.75, 3.05) is 27.9 Å². The van der Waals surface area contributed by atoms with Crippen molar-refractivity contribution >= 4 is 5.97 Å². The second-order valence-electron chi connectivity index (χ2n) is 4.25. The van der Waals surface area contributed by atoms with E-state index in [9.17, 15) is 4.79 Å². The van der Waals surface area contributed by atoms with Crippen LogP contribution in [0.5, 0.6) is 11.5 Å². The van der Waals surface area contributed by atoms with Crippen LogP contribution in [0.15, 0.2) is 18.2 Å². The minimum absolute atomic E-state index is 0.164. The molecule has 0 saturated carbocycles. The highest BCUT2D eigenvalue weighted by atomic mass is 16.5. The van der Waals surface area contributed by atoms with Crippen LogP contribution in [0, 0.1) is 0 Å². The van der Waals surface area contributed by atoms with Gasteiger partial charge in [-0.15, -0.1) is 0 Å². The van der Waals surface area contributed by atoms with Crippen molar-refractivity contribution in [1.82, 2.24) is 5.32 Å². The molecule has 1 aromatic carbocycles. The van der Waals surface area contributed by atoms with Crippen LogP contribution in [0.1, 0.15) is 12.5 Å². The molecule has 106 valence electrons. The van der Waals surface area contributed by atoms with Crippen LogP contribution in [0.3, 0.4) is 0 Å². The van der Waals surface area contributed by atoms with E-state index in [4.69, 9.17) is 9.47 Å². The van der Waals surface area contributed by atoms with Gasteiger partial charge in [0.25, 0.3) is 0 Å². The van der Waals surface area contributed by atoms with E-state index in [0.29, 0.717) is 11.5 Å². The van der Waals surface area contributed by atoms with Crippen molar-refractivity contribution in [3.05, 3.63) is 23.8 Å². The van der Waals surface area contributed by atoms with Crippen molar-refractivity contribution in [3.63, 3.8) is 0 Å². The summed E-state index contributed by atoms with van der Waals surface area (Å²) in [5, 5.41) is 3.10. The fourth-order valence-corrected chi connectivity index (χ4v) is 1.76. The number of nitrogens with one attached hydrogen (secondary N) is 1. The third kappa shape index (κ3) is 4.79. The average Bonchev–Trinajstić information content (AvgIpc) is 2.44. The van der Waals surface area contributed by atoms with Gasteiger partial charge in [0.2, 0.25) is 0 Å². The summed E-state index contributed by atoms with van der Waals surface area (Å²) in [4.78, 5) is 11.0. The maximum atomic E-state index is 11.0. The molecular formula is C14H21NO4. The van der Waals surface area contributed by atoms with Gasteiger partial charge in [0.1, 0.15) is 0 Å². The molecule has 1 aromatic rings. The quantitative estimate of drug-likeness (QED) is 0.757. The van der Waals surface area contributed by atoms with Crippen molar-refractivity contribution < 1.29 is 19.0 Å². The molecular weight excluding hydrogens is 246 g/mol. The third-order valence-electron chi connectivity index (χ3n) is 2.81. The summed E-state index contributed by atoms with van der Waals surface area (Å²) in [6, 6.07) is 5.96. The molecule has 0 aliphatic carbocycles. The molecule has 0 bridgehead atoms. The molecule has 0 heterocycles. The average molecular weight is 267 g/mol. The summed E-state index contributed by atoms with van der Waals surface area (Å²) >= 11 is 0. The highest BCUT2D eigenvalue weighted by molar-refractivity contribution is 5.71. The van der Waals surface area contributed by atoms with Gasteiger partial charge in [-0.2, -0.15) is 0 Å². The number of methoxy groups -OCH3 is 3. The van der Waals surface area contributed by atoms with Gasteiger partial charge in [-0.25, -0.2) is 0 Å². The first-order chi connectivity index (χ1) is 9.10. The lowest BCUT2D eigenvalue weighted by Gasteiger charge is -2.14. The van der Waals surface area contributed by atoms with Crippen molar-refractivity contribution in [2.45, 2.75) is 19.4 Å². The monoisotopic (exact) mass is 267 g/mol. The highest BCUT2D eigenvalue weighted by Gasteiger charge is 2.09. The van der Waals surface area contributed by atoms with Gasteiger partial charge in [-0.1, -0.05) is 6.07 Å². The van der Waals surface area contributed by atoms with E-state index < -0.39 is 0 Å². The van der Waals surface area contributed by atoms with E-state index in [-0.39, 0.29) is 18.6 Å². The standard InChI is InChI=1S/C14H21NO4/c1-10(15-9-14(16)19-4)7-11-5-6-12(17-2)13(8-11)18-3/h5-6,8,10,15H,7,9H2,1-4H3. The highest BCUT2D eigenvalue weighted by Crippen LogP contribution is 2.27. The number of carbonyl (C=O) groups is 1. The molecule has 0 saturated heterocycles. The fourth-order valence-electron chi connectivity index (χ4n) is 1.76. The Morgan fingerprint density at radius 1 is 1.21 bits per heavy atom. The molecule has 0 fully saturated rings. The van der Waals surface area contributed by atoms with Crippen molar-refractivity contribution in [1.29, 1.82) is 0 Å². The number of rotatable bonds is 7. The number of benzene rings is 1. The van der Waals surface area contributed by atoms with E-state index >= 15 is 0 Å². The number of hydrogen-bond donors (Lipinski definition) is 1. The first-order valence-corrected chi connectivity index (χ1v) is 6.11. The maximum absolute atomic E-state index is 11.0. The topological polar surface area (TPSA) is 56.8 Å². The van der Waals surface area contributed by atoms with Gasteiger partial charge in [0.15, 0.2) is 11.5 Å². The van der Waals surface area contributed by atoms with Gasteiger partial charge in [0, 0.05) is 6.04 Å². The smallest absolute Gasteiger partial charge is 0.319 e. The van der Waals surface area contributed by atoms with Crippen molar-refractivity contribution in [3.8, 4) is 11.5 Å². The molecule has 5 nitrogen and oxygen atoms in total. The first kappa shape index (κ1) is 15.3. The zero-order chi connectivity index (χ0) is 14.3. The molecule has 0 spiro atoms. The number of ether oxygens (including phenoxy) is 3. The van der Waals surface area contributed by atoms with Crippen LogP contribution in [0.4, 0.5) is 0 Å². The zero-order valence-corrected chi connectivity index (χ0v) is 11.9. The lowest BCUT2D eigenvalue weighted by molar-refractivity contribution is -0.139. The van der Waals surface area contributed by atoms with Crippen LogP contribution < -0.4 is 14.8 Å². The molecule has 19 heavy (non-hydrogen) atoms. The Morgan fingerprint density at radius 3 is 2.47 bits per heavy atom. The van der Waals surface area contributed by atoms with Crippen LogP contribution in [-0.2, 0) is 16.0 Å². The summed E-state index contributed by atoms with van der Waals surface area (Å²) in [5.74, 6) is 1.15. The molecule has 5 heteroatoms. The fraction of sp³-hybridized carbons (Fsp3) is 0.500. The lowest BCUT2D eigenvalue weighted by Crippen LogP contribution is -2.33. The first-order valence-electron chi connectivity index (χ1n) is 6.11. The van der Waals surface area contributed by atoms with Gasteiger partial charge in [0.05, 0.1) is 27.9 Å². The van der Waals surface area contributed by atoms with Gasteiger partial charge in [-0.3, -0.25) is 4.79 Å². The van der Waals surface area contributed by atoms with Crippen molar-refractivity contribution in [2.24, 2.45) is 0 Å². The SMILES string of the molecule is COC(=O)CNC(C)Cc1ccc(OC)c(OC)c1. The zero-order valence-electron chi connectivity index (χ0n) is 11.9. The summed E-state index contributed by atoms with van der Waals surface area (Å²) < 4.78 is 15.0. The predicted octanol–water partition coefficient (Wildman–Crippen LogP) is 1.40. The Balaban J connectivity index is 2.59. The number of esters is 1. The second-order valence-corrected chi connectivity index (χ2v) is 4.25. The largest absolute Gasteiger partial charge is 0.493 e. The summed E-state index contributed by atoms with van der Waals surface area (Å²) in [5.41, 5.74) is 1.11. The Labute approximate surface area is 113 Å². The molecule has 0 radical (unpaired) electrons. The summed E-state index contributed by atoms with van der Waals surface area (Å²) in [6.45, 7) is 2.23. The Morgan fingerprint density at radius 2 is 1.89 bits per heavy atom. The molecule has 1 atom stereocenters. The Bertz CT molecular complexity index is 420. The molecule has 0 aliphatic rings. The van der Waals surface area contributed by atoms with Crippen LogP contribution in [0.25, 0.3) is 0 Å². The van der Waals surface area contributed by atoms with E-state index in [1.54, 1.807) is 14.2 Å². The molecule has 1 rings (SSSR count). The molecule has 0 aromatic heterocycles. The summed E-state index contributed by atoms with van der Waals surface area (Å²) in [6.07, 6.45) is 0.789. The molecule has 0 amide bonds. The Hall–Kier alpha value is -1.75. The minimum atomic E-state index is -0.265. The number of carbonyl (C=O) groups excluding carboxylic acids is 1. The third-order valence-corrected chi connectivity index (χ3v) is 2.81. The van der Waals surface area contributed by atoms with Crippen LogP contribution >= 0.6 is 0 Å². The molecule has 1 unspecified atom stereocenters. The molecule has 0 aliphatic heterocycles. The van der Waals surface area contributed by atoms with E-state index in [0.717, 1.165) is 12.0 Å². The minimum Gasteiger partial charge on any atom is -0.493 e. The van der Waals surface area contributed by atoms with Gasteiger partial charge in [-0.05, 0) is 31.0 Å². The second kappa shape index (κ2) is 7.63. The van der Waals surface area contributed by atoms with Gasteiger partial charge < -0.3 is 19.5 Å². The summed E-state index contributed by atoms with van der Waals surface area (Å²) in [7, 11) is 4.60. The Kier molecular flexibility index (Phi) is 6.15. The van der Waals surface area contributed by atoms with Crippen LogP contribution in [-0.4, -0.2) is 39.9 Å².